The molecule has 0 bridgehead atoms. The van der Waals surface area contributed by atoms with Crippen LogP contribution >= 0.6 is 15.9 Å². The molecule has 0 heterocycles. The van der Waals surface area contributed by atoms with Crippen molar-refractivity contribution in [1.82, 2.24) is 0 Å². The third-order valence-electron chi connectivity index (χ3n) is 3.22. The number of para-hydroxylation sites is 1. The predicted octanol–water partition coefficient (Wildman–Crippen LogP) is 4.76. The fourth-order valence-electron chi connectivity index (χ4n) is 1.95. The Labute approximate surface area is 139 Å². The Bertz CT molecular complexity index is 662. The number of halogens is 1. The van der Waals surface area contributed by atoms with Crippen molar-refractivity contribution >= 4 is 27.5 Å². The van der Waals surface area contributed by atoms with Crippen molar-refractivity contribution in [3.63, 3.8) is 0 Å². The van der Waals surface area contributed by atoms with Gasteiger partial charge in [0.1, 0.15) is 5.75 Å². The normalized spacial score (nSPS) is 11.1. The summed E-state index contributed by atoms with van der Waals surface area (Å²) in [5.41, 5.74) is 1.96. The fraction of sp³-hybridized carbons (Fsp3) is 0.278. The minimum atomic E-state index is -0.187. The van der Waals surface area contributed by atoms with Crippen LogP contribution in [0.25, 0.3) is 0 Å². The topological polar surface area (TPSA) is 38.3 Å². The number of hydrogen-bond acceptors (Lipinski definition) is 2. The highest BCUT2D eigenvalue weighted by Gasteiger charge is 2.14. The van der Waals surface area contributed by atoms with E-state index in [1.54, 1.807) is 0 Å². The van der Waals surface area contributed by atoms with Crippen LogP contribution in [0.15, 0.2) is 53.0 Å². The summed E-state index contributed by atoms with van der Waals surface area (Å²) in [6, 6.07) is 15.3. The first-order valence-corrected chi connectivity index (χ1v) is 7.93. The van der Waals surface area contributed by atoms with Crippen molar-refractivity contribution in [2.75, 3.05) is 11.9 Å². The largest absolute Gasteiger partial charge is 0.484 e. The summed E-state index contributed by atoms with van der Waals surface area (Å²) in [7, 11) is 0. The van der Waals surface area contributed by atoms with Gasteiger partial charge in [-0.1, -0.05) is 45.0 Å². The molecule has 2 aromatic carbocycles. The molecule has 0 saturated carbocycles. The number of benzene rings is 2. The molecule has 22 heavy (non-hydrogen) atoms. The number of hydrogen-bond donors (Lipinski definition) is 1. The summed E-state index contributed by atoms with van der Waals surface area (Å²) < 4.78 is 6.43. The summed E-state index contributed by atoms with van der Waals surface area (Å²) in [5.74, 6) is 0.516. The Hall–Kier alpha value is -1.81. The monoisotopic (exact) mass is 361 g/mol. The maximum atomic E-state index is 12.0. The molecule has 0 aliphatic rings. The molecule has 4 heteroatoms. The van der Waals surface area contributed by atoms with Gasteiger partial charge in [-0.25, -0.2) is 0 Å². The first kappa shape index (κ1) is 16.6. The summed E-state index contributed by atoms with van der Waals surface area (Å²) in [6.07, 6.45) is 0. The summed E-state index contributed by atoms with van der Waals surface area (Å²) in [5, 5.41) is 2.81. The van der Waals surface area contributed by atoms with Crippen molar-refractivity contribution in [2.45, 2.75) is 26.2 Å². The lowest BCUT2D eigenvalue weighted by Gasteiger charge is -2.19. The third-order valence-corrected chi connectivity index (χ3v) is 3.91. The van der Waals surface area contributed by atoms with Gasteiger partial charge in [-0.2, -0.15) is 0 Å². The predicted molar refractivity (Wildman–Crippen MR) is 93.4 cm³/mol. The van der Waals surface area contributed by atoms with Gasteiger partial charge in [0.2, 0.25) is 0 Å². The van der Waals surface area contributed by atoms with Crippen LogP contribution in [0, 0.1) is 0 Å². The minimum absolute atomic E-state index is 0.0189. The second-order valence-corrected chi connectivity index (χ2v) is 6.95. The van der Waals surface area contributed by atoms with Crippen LogP contribution in [0.3, 0.4) is 0 Å². The molecule has 2 aromatic rings. The molecule has 0 aliphatic carbocycles. The summed E-state index contributed by atoms with van der Waals surface area (Å²) >= 11 is 3.40. The number of anilines is 1. The lowest BCUT2D eigenvalue weighted by atomic mass is 9.87. The fourth-order valence-corrected chi connectivity index (χ4v) is 2.33. The van der Waals surface area contributed by atoms with Crippen molar-refractivity contribution < 1.29 is 9.53 Å². The highest BCUT2D eigenvalue weighted by atomic mass is 79.9. The number of carbonyl (C=O) groups is 1. The van der Waals surface area contributed by atoms with Crippen molar-refractivity contribution in [1.29, 1.82) is 0 Å². The van der Waals surface area contributed by atoms with Crippen LogP contribution in [0.5, 0.6) is 5.75 Å². The molecule has 0 atom stereocenters. The number of rotatable bonds is 4. The Morgan fingerprint density at radius 3 is 2.55 bits per heavy atom. The summed E-state index contributed by atoms with van der Waals surface area (Å²) in [6.45, 7) is 6.41. The zero-order valence-corrected chi connectivity index (χ0v) is 14.6. The van der Waals surface area contributed by atoms with Crippen LogP contribution in [0.2, 0.25) is 0 Å². The molecule has 0 saturated heterocycles. The van der Waals surface area contributed by atoms with E-state index in [9.17, 15) is 4.79 Å². The standard InChI is InChI=1S/C18H20BrNO2/c1-18(2,3)13-7-6-8-14(11-13)22-12-17(21)20-16-10-5-4-9-15(16)19/h4-11H,12H2,1-3H3,(H,20,21). The average Bonchev–Trinajstić information content (AvgIpc) is 2.47. The third kappa shape index (κ3) is 4.60. The zero-order valence-electron chi connectivity index (χ0n) is 13.0. The average molecular weight is 362 g/mol. The Balaban J connectivity index is 1.96. The van der Waals surface area contributed by atoms with E-state index < -0.39 is 0 Å². The second kappa shape index (κ2) is 6.97. The molecule has 2 rings (SSSR count). The lowest BCUT2D eigenvalue weighted by molar-refractivity contribution is -0.118. The Morgan fingerprint density at radius 2 is 1.86 bits per heavy atom. The van der Waals surface area contributed by atoms with Crippen LogP contribution in [0.1, 0.15) is 26.3 Å². The Kier molecular flexibility index (Phi) is 5.24. The van der Waals surface area contributed by atoms with Gasteiger partial charge in [-0.3, -0.25) is 4.79 Å². The van der Waals surface area contributed by atoms with Crippen molar-refractivity contribution in [3.05, 3.63) is 58.6 Å². The molecule has 0 radical (unpaired) electrons. The van der Waals surface area contributed by atoms with Gasteiger partial charge in [0.05, 0.1) is 5.69 Å². The molecule has 0 unspecified atom stereocenters. The molecular formula is C18H20BrNO2. The van der Waals surface area contributed by atoms with E-state index >= 15 is 0 Å². The van der Waals surface area contributed by atoms with Crippen LogP contribution < -0.4 is 10.1 Å². The molecule has 116 valence electrons. The van der Waals surface area contributed by atoms with E-state index in [0.717, 1.165) is 10.2 Å². The first-order valence-electron chi connectivity index (χ1n) is 7.14. The molecular weight excluding hydrogens is 342 g/mol. The number of carbonyl (C=O) groups excluding carboxylic acids is 1. The van der Waals surface area contributed by atoms with E-state index in [2.05, 4.69) is 48.1 Å². The number of amides is 1. The van der Waals surface area contributed by atoms with E-state index in [1.165, 1.54) is 5.56 Å². The first-order chi connectivity index (χ1) is 10.4. The maximum absolute atomic E-state index is 12.0. The molecule has 0 spiro atoms. The van der Waals surface area contributed by atoms with E-state index in [-0.39, 0.29) is 17.9 Å². The number of ether oxygens (including phenoxy) is 1. The van der Waals surface area contributed by atoms with E-state index in [1.807, 2.05) is 42.5 Å². The minimum Gasteiger partial charge on any atom is -0.484 e. The zero-order chi connectivity index (χ0) is 16.2. The molecule has 1 amide bonds. The van der Waals surface area contributed by atoms with Gasteiger partial charge in [0.15, 0.2) is 6.61 Å². The van der Waals surface area contributed by atoms with Crippen LogP contribution in [-0.2, 0) is 10.2 Å². The number of nitrogens with one attached hydrogen (secondary N) is 1. The van der Waals surface area contributed by atoms with Crippen molar-refractivity contribution in [2.24, 2.45) is 0 Å². The Morgan fingerprint density at radius 1 is 1.14 bits per heavy atom. The SMILES string of the molecule is CC(C)(C)c1cccc(OCC(=O)Nc2ccccc2Br)c1. The van der Waals surface area contributed by atoms with Gasteiger partial charge in [0.25, 0.3) is 5.91 Å². The molecule has 0 aromatic heterocycles. The van der Waals surface area contributed by atoms with E-state index in [4.69, 9.17) is 4.74 Å². The molecule has 3 nitrogen and oxygen atoms in total. The van der Waals surface area contributed by atoms with Crippen molar-refractivity contribution in [3.8, 4) is 5.75 Å². The second-order valence-electron chi connectivity index (χ2n) is 6.09. The quantitative estimate of drug-likeness (QED) is 0.851. The summed E-state index contributed by atoms with van der Waals surface area (Å²) in [4.78, 5) is 12.0. The van der Waals surface area contributed by atoms with Gasteiger partial charge in [-0.15, -0.1) is 0 Å². The van der Waals surface area contributed by atoms with Gasteiger partial charge in [-0.05, 0) is 51.2 Å². The van der Waals surface area contributed by atoms with Gasteiger partial charge >= 0.3 is 0 Å². The van der Waals surface area contributed by atoms with E-state index in [0.29, 0.717) is 5.75 Å². The highest BCUT2D eigenvalue weighted by Crippen LogP contribution is 2.25. The van der Waals surface area contributed by atoms with Gasteiger partial charge < -0.3 is 10.1 Å². The molecule has 1 N–H and O–H groups in total. The molecule has 0 fully saturated rings. The van der Waals surface area contributed by atoms with Crippen LogP contribution in [0.4, 0.5) is 5.69 Å². The molecule has 0 aliphatic heterocycles. The maximum Gasteiger partial charge on any atom is 0.262 e. The smallest absolute Gasteiger partial charge is 0.262 e. The highest BCUT2D eigenvalue weighted by molar-refractivity contribution is 9.10. The van der Waals surface area contributed by atoms with Crippen LogP contribution in [-0.4, -0.2) is 12.5 Å². The lowest BCUT2D eigenvalue weighted by Crippen LogP contribution is -2.20. The van der Waals surface area contributed by atoms with Gasteiger partial charge in [0, 0.05) is 4.47 Å².